The number of aryl methyl sites for hydroxylation is 2. The lowest BCUT2D eigenvalue weighted by Gasteiger charge is -2.17. The van der Waals surface area contributed by atoms with Gasteiger partial charge >= 0.3 is 0 Å². The maximum Gasteiger partial charge on any atom is 0.0753 e. The molecule has 1 aromatic carbocycles. The van der Waals surface area contributed by atoms with Gasteiger partial charge in [0.25, 0.3) is 0 Å². The average Bonchev–Trinajstić information content (AvgIpc) is 2.79. The predicted molar refractivity (Wildman–Crippen MR) is 80.6 cm³/mol. The molecule has 0 radical (unpaired) electrons. The van der Waals surface area contributed by atoms with Gasteiger partial charge in [-0.05, 0) is 25.6 Å². The molecule has 0 fully saturated rings. The summed E-state index contributed by atoms with van der Waals surface area (Å²) in [4.78, 5) is 4.54. The van der Waals surface area contributed by atoms with E-state index < -0.39 is 0 Å². The molecule has 3 aromatic rings. The highest BCUT2D eigenvalue weighted by atomic mass is 15.3. The molecule has 1 N–H and O–H groups in total. The molecule has 2 aromatic heterocycles. The van der Waals surface area contributed by atoms with Crippen LogP contribution in [0.3, 0.4) is 0 Å². The standard InChI is InChI=1S/C16H18N4/c1-11-14(10-20(3)19-11)16(17-2)13-8-4-6-12-7-5-9-18-15(12)13/h4-10,16-17H,1-3H3. The lowest BCUT2D eigenvalue weighted by Crippen LogP contribution is -2.18. The van der Waals surface area contributed by atoms with E-state index in [2.05, 4.69) is 45.9 Å². The van der Waals surface area contributed by atoms with Crippen LogP contribution in [0, 0.1) is 6.92 Å². The largest absolute Gasteiger partial charge is 0.309 e. The Bertz CT molecular complexity index is 740. The van der Waals surface area contributed by atoms with E-state index in [1.54, 1.807) is 0 Å². The minimum Gasteiger partial charge on any atom is -0.309 e. The van der Waals surface area contributed by atoms with Crippen molar-refractivity contribution in [2.45, 2.75) is 13.0 Å². The lowest BCUT2D eigenvalue weighted by molar-refractivity contribution is 0.690. The first kappa shape index (κ1) is 12.8. The van der Waals surface area contributed by atoms with Crippen molar-refractivity contribution < 1.29 is 0 Å². The van der Waals surface area contributed by atoms with Gasteiger partial charge in [-0.2, -0.15) is 5.10 Å². The SMILES string of the molecule is CNC(c1cn(C)nc1C)c1cccc2cccnc12. The molecule has 1 atom stereocenters. The Hall–Kier alpha value is -2.20. The molecule has 0 bridgehead atoms. The summed E-state index contributed by atoms with van der Waals surface area (Å²) in [5, 5.41) is 8.99. The Morgan fingerprint density at radius 3 is 2.65 bits per heavy atom. The van der Waals surface area contributed by atoms with Crippen LogP contribution < -0.4 is 5.32 Å². The molecule has 0 saturated carbocycles. The summed E-state index contributed by atoms with van der Waals surface area (Å²) >= 11 is 0. The molecule has 0 aliphatic rings. The Balaban J connectivity index is 2.19. The summed E-state index contributed by atoms with van der Waals surface area (Å²) in [5.74, 6) is 0. The number of hydrogen-bond donors (Lipinski definition) is 1. The first-order chi connectivity index (χ1) is 9.70. The van der Waals surface area contributed by atoms with Crippen LogP contribution in [0.15, 0.2) is 42.7 Å². The van der Waals surface area contributed by atoms with Gasteiger partial charge in [-0.3, -0.25) is 9.67 Å². The zero-order valence-corrected chi connectivity index (χ0v) is 12.0. The third kappa shape index (κ3) is 2.08. The summed E-state index contributed by atoms with van der Waals surface area (Å²) in [6, 6.07) is 10.5. The number of rotatable bonds is 3. The Morgan fingerprint density at radius 1 is 1.15 bits per heavy atom. The zero-order chi connectivity index (χ0) is 14.1. The van der Waals surface area contributed by atoms with Gasteiger partial charge in [-0.15, -0.1) is 0 Å². The highest BCUT2D eigenvalue weighted by molar-refractivity contribution is 5.82. The minimum atomic E-state index is 0.0994. The Kier molecular flexibility index (Phi) is 3.24. The molecule has 20 heavy (non-hydrogen) atoms. The van der Waals surface area contributed by atoms with Gasteiger partial charge in [0, 0.05) is 30.4 Å². The molecular weight excluding hydrogens is 248 g/mol. The molecule has 0 aliphatic heterocycles. The third-order valence-corrected chi connectivity index (χ3v) is 3.63. The number of fused-ring (bicyclic) bond motifs is 1. The van der Waals surface area contributed by atoms with Crippen LogP contribution >= 0.6 is 0 Å². The van der Waals surface area contributed by atoms with Crippen LogP contribution in [0.25, 0.3) is 10.9 Å². The molecule has 2 heterocycles. The number of nitrogens with zero attached hydrogens (tertiary/aromatic N) is 3. The fraction of sp³-hybridized carbons (Fsp3) is 0.250. The molecular formula is C16H18N4. The fourth-order valence-electron chi connectivity index (χ4n) is 2.74. The van der Waals surface area contributed by atoms with Gasteiger partial charge in [0.05, 0.1) is 17.3 Å². The maximum absolute atomic E-state index is 4.54. The van der Waals surface area contributed by atoms with Crippen LogP contribution in [-0.4, -0.2) is 21.8 Å². The number of hydrogen-bond acceptors (Lipinski definition) is 3. The first-order valence-electron chi connectivity index (χ1n) is 6.71. The van der Waals surface area contributed by atoms with Gasteiger partial charge < -0.3 is 5.32 Å². The third-order valence-electron chi connectivity index (χ3n) is 3.63. The van der Waals surface area contributed by atoms with Crippen LogP contribution in [0.1, 0.15) is 22.9 Å². The molecule has 0 saturated heterocycles. The average molecular weight is 266 g/mol. The number of aromatic nitrogens is 3. The number of benzene rings is 1. The second kappa shape index (κ2) is 5.06. The van der Waals surface area contributed by atoms with Gasteiger partial charge in [-0.1, -0.05) is 24.3 Å². The van der Waals surface area contributed by atoms with Crippen molar-refractivity contribution in [3.8, 4) is 0 Å². The van der Waals surface area contributed by atoms with E-state index in [4.69, 9.17) is 0 Å². The van der Waals surface area contributed by atoms with E-state index in [9.17, 15) is 0 Å². The Labute approximate surface area is 118 Å². The number of pyridine rings is 1. The van der Waals surface area contributed by atoms with Gasteiger partial charge in [0.15, 0.2) is 0 Å². The van der Waals surface area contributed by atoms with Crippen molar-refractivity contribution in [3.05, 3.63) is 59.5 Å². The number of nitrogens with one attached hydrogen (secondary N) is 1. The maximum atomic E-state index is 4.54. The van der Waals surface area contributed by atoms with Gasteiger partial charge in [0.1, 0.15) is 0 Å². The quantitative estimate of drug-likeness (QED) is 0.792. The van der Waals surface area contributed by atoms with Crippen molar-refractivity contribution in [1.82, 2.24) is 20.1 Å². The molecule has 4 heteroatoms. The van der Waals surface area contributed by atoms with Crippen molar-refractivity contribution in [2.75, 3.05) is 7.05 Å². The Morgan fingerprint density at radius 2 is 1.95 bits per heavy atom. The molecule has 3 rings (SSSR count). The predicted octanol–water partition coefficient (Wildman–Crippen LogP) is 2.59. The van der Waals surface area contributed by atoms with Crippen molar-refractivity contribution in [1.29, 1.82) is 0 Å². The van der Waals surface area contributed by atoms with Crippen molar-refractivity contribution in [2.24, 2.45) is 7.05 Å². The summed E-state index contributed by atoms with van der Waals surface area (Å²) < 4.78 is 1.85. The van der Waals surface area contributed by atoms with Crippen LogP contribution in [0.2, 0.25) is 0 Å². The van der Waals surface area contributed by atoms with E-state index in [1.165, 1.54) is 11.1 Å². The lowest BCUT2D eigenvalue weighted by atomic mass is 9.97. The van der Waals surface area contributed by atoms with E-state index in [-0.39, 0.29) is 6.04 Å². The van der Waals surface area contributed by atoms with E-state index in [0.29, 0.717) is 0 Å². The minimum absolute atomic E-state index is 0.0994. The van der Waals surface area contributed by atoms with Crippen LogP contribution in [0.4, 0.5) is 0 Å². The first-order valence-corrected chi connectivity index (χ1v) is 6.71. The highest BCUT2D eigenvalue weighted by Crippen LogP contribution is 2.28. The summed E-state index contributed by atoms with van der Waals surface area (Å²) in [5.41, 5.74) is 4.45. The van der Waals surface area contributed by atoms with Gasteiger partial charge in [-0.25, -0.2) is 0 Å². The number of para-hydroxylation sites is 1. The van der Waals surface area contributed by atoms with E-state index in [0.717, 1.165) is 16.6 Å². The molecule has 4 nitrogen and oxygen atoms in total. The monoisotopic (exact) mass is 266 g/mol. The smallest absolute Gasteiger partial charge is 0.0753 e. The molecule has 0 aliphatic carbocycles. The summed E-state index contributed by atoms with van der Waals surface area (Å²) in [6.07, 6.45) is 3.91. The second-order valence-electron chi connectivity index (χ2n) is 4.99. The highest BCUT2D eigenvalue weighted by Gasteiger charge is 2.19. The van der Waals surface area contributed by atoms with Crippen molar-refractivity contribution >= 4 is 10.9 Å². The molecule has 1 unspecified atom stereocenters. The van der Waals surface area contributed by atoms with Crippen LogP contribution in [0.5, 0.6) is 0 Å². The topological polar surface area (TPSA) is 42.7 Å². The van der Waals surface area contributed by atoms with Crippen molar-refractivity contribution in [3.63, 3.8) is 0 Å². The van der Waals surface area contributed by atoms with Crippen LogP contribution in [-0.2, 0) is 7.05 Å². The summed E-state index contributed by atoms with van der Waals surface area (Å²) in [6.45, 7) is 2.04. The molecule has 0 amide bonds. The summed E-state index contributed by atoms with van der Waals surface area (Å²) in [7, 11) is 3.92. The molecule has 102 valence electrons. The normalized spacial score (nSPS) is 12.8. The molecule has 0 spiro atoms. The van der Waals surface area contributed by atoms with Gasteiger partial charge in [0.2, 0.25) is 0 Å². The second-order valence-corrected chi connectivity index (χ2v) is 4.99. The van der Waals surface area contributed by atoms with E-state index >= 15 is 0 Å². The zero-order valence-electron chi connectivity index (χ0n) is 12.0. The fourth-order valence-corrected chi connectivity index (χ4v) is 2.74. The van der Waals surface area contributed by atoms with E-state index in [1.807, 2.05) is 38.0 Å².